The van der Waals surface area contributed by atoms with Crippen LogP contribution in [0.4, 0.5) is 5.69 Å². The van der Waals surface area contributed by atoms with Crippen molar-refractivity contribution in [2.24, 2.45) is 5.73 Å². The molecule has 0 bridgehead atoms. The van der Waals surface area contributed by atoms with E-state index in [0.29, 0.717) is 5.69 Å². The van der Waals surface area contributed by atoms with Crippen LogP contribution in [0.1, 0.15) is 61.0 Å². The van der Waals surface area contributed by atoms with Crippen LogP contribution in [-0.2, 0) is 10.0 Å². The van der Waals surface area contributed by atoms with Gasteiger partial charge in [-0.1, -0.05) is 58.0 Å². The second kappa shape index (κ2) is 7.27. The highest BCUT2D eigenvalue weighted by atomic mass is 32.2. The Morgan fingerprint density at radius 1 is 0.920 bits per heavy atom. The molecule has 0 spiro atoms. The van der Waals surface area contributed by atoms with Gasteiger partial charge in [-0.15, -0.1) is 0 Å². The first-order chi connectivity index (χ1) is 11.6. The van der Waals surface area contributed by atoms with Gasteiger partial charge < -0.3 is 5.73 Å². The van der Waals surface area contributed by atoms with Crippen molar-refractivity contribution in [3.8, 4) is 0 Å². The number of amides is 1. The van der Waals surface area contributed by atoms with Crippen molar-refractivity contribution in [3.05, 3.63) is 59.2 Å². The van der Waals surface area contributed by atoms with Gasteiger partial charge in [0.1, 0.15) is 4.90 Å². The average Bonchev–Trinajstić information content (AvgIpc) is 2.54. The lowest BCUT2D eigenvalue weighted by Gasteiger charge is -2.21. The number of rotatable bonds is 6. The molecule has 2 aromatic rings. The van der Waals surface area contributed by atoms with Crippen LogP contribution in [0.15, 0.2) is 47.4 Å². The third-order valence-corrected chi connectivity index (χ3v) is 5.46. The van der Waals surface area contributed by atoms with Gasteiger partial charge in [0, 0.05) is 0 Å². The number of benzene rings is 2. The molecule has 0 aromatic heterocycles. The Morgan fingerprint density at radius 3 is 1.92 bits per heavy atom. The van der Waals surface area contributed by atoms with Gasteiger partial charge in [0.2, 0.25) is 5.91 Å². The monoisotopic (exact) mass is 360 g/mol. The fourth-order valence-electron chi connectivity index (χ4n) is 2.76. The van der Waals surface area contributed by atoms with E-state index in [2.05, 4.69) is 4.72 Å². The highest BCUT2D eigenvalue weighted by molar-refractivity contribution is 7.92. The lowest BCUT2D eigenvalue weighted by molar-refractivity contribution is 0.0997. The zero-order valence-corrected chi connectivity index (χ0v) is 15.7. The fourth-order valence-corrected chi connectivity index (χ4v) is 4.09. The first kappa shape index (κ1) is 19.0. The summed E-state index contributed by atoms with van der Waals surface area (Å²) in [7, 11) is -3.95. The summed E-state index contributed by atoms with van der Waals surface area (Å²) >= 11 is 0. The number of primary amides is 1. The summed E-state index contributed by atoms with van der Waals surface area (Å²) in [6.07, 6.45) is 0. The summed E-state index contributed by atoms with van der Waals surface area (Å²) in [6, 6.07) is 11.7. The molecule has 3 N–H and O–H groups in total. The maximum Gasteiger partial charge on any atom is 0.262 e. The van der Waals surface area contributed by atoms with Gasteiger partial charge in [-0.2, -0.15) is 0 Å². The number of nitrogens with two attached hydrogens (primary N) is 1. The molecule has 0 aliphatic rings. The van der Waals surface area contributed by atoms with Crippen LogP contribution in [0.2, 0.25) is 0 Å². The molecular weight excluding hydrogens is 336 g/mol. The Kier molecular flexibility index (Phi) is 5.52. The SMILES string of the molecule is CC(C)c1cccc(C(C)C)c1NS(=O)(=O)c1ccccc1C(N)=O. The maximum absolute atomic E-state index is 13.0. The molecule has 1 amide bonds. The normalized spacial score (nSPS) is 11.8. The van der Waals surface area contributed by atoms with Crippen molar-refractivity contribution < 1.29 is 13.2 Å². The molecule has 0 heterocycles. The Balaban J connectivity index is 2.61. The highest BCUT2D eigenvalue weighted by Crippen LogP contribution is 2.34. The van der Waals surface area contributed by atoms with Crippen LogP contribution < -0.4 is 10.5 Å². The van der Waals surface area contributed by atoms with Crippen molar-refractivity contribution in [2.45, 2.75) is 44.4 Å². The Hall–Kier alpha value is -2.34. The smallest absolute Gasteiger partial charge is 0.262 e. The molecule has 0 unspecified atom stereocenters. The predicted octanol–water partition coefficient (Wildman–Crippen LogP) is 3.83. The minimum atomic E-state index is -3.95. The van der Waals surface area contributed by atoms with Crippen molar-refractivity contribution in [1.82, 2.24) is 0 Å². The molecule has 134 valence electrons. The number of hydrogen-bond acceptors (Lipinski definition) is 3. The largest absolute Gasteiger partial charge is 0.366 e. The summed E-state index contributed by atoms with van der Waals surface area (Å²) in [5, 5.41) is 0. The van der Waals surface area contributed by atoms with Crippen molar-refractivity contribution in [2.75, 3.05) is 4.72 Å². The Labute approximate surface area is 149 Å². The minimum absolute atomic E-state index is 0.0249. The van der Waals surface area contributed by atoms with E-state index in [1.54, 1.807) is 12.1 Å². The highest BCUT2D eigenvalue weighted by Gasteiger charge is 2.24. The van der Waals surface area contributed by atoms with E-state index in [4.69, 9.17) is 5.73 Å². The lowest BCUT2D eigenvalue weighted by atomic mass is 9.93. The van der Waals surface area contributed by atoms with E-state index in [0.717, 1.165) is 11.1 Å². The van der Waals surface area contributed by atoms with E-state index in [9.17, 15) is 13.2 Å². The van der Waals surface area contributed by atoms with Gasteiger partial charge in [0.05, 0.1) is 11.3 Å². The zero-order chi connectivity index (χ0) is 18.8. The van der Waals surface area contributed by atoms with Gasteiger partial charge in [0.15, 0.2) is 0 Å². The van der Waals surface area contributed by atoms with Gasteiger partial charge in [-0.05, 0) is 35.1 Å². The molecule has 0 radical (unpaired) electrons. The van der Waals surface area contributed by atoms with Crippen LogP contribution >= 0.6 is 0 Å². The van der Waals surface area contributed by atoms with Crippen molar-refractivity contribution in [1.29, 1.82) is 0 Å². The minimum Gasteiger partial charge on any atom is -0.366 e. The second-order valence-corrected chi connectivity index (χ2v) is 8.24. The summed E-state index contributed by atoms with van der Waals surface area (Å²) < 4.78 is 28.6. The van der Waals surface area contributed by atoms with Gasteiger partial charge in [-0.25, -0.2) is 8.42 Å². The predicted molar refractivity (Wildman–Crippen MR) is 100 cm³/mol. The van der Waals surface area contributed by atoms with Gasteiger partial charge in [-0.3, -0.25) is 9.52 Å². The number of sulfonamides is 1. The third kappa shape index (κ3) is 4.02. The topological polar surface area (TPSA) is 89.3 Å². The molecule has 0 aliphatic heterocycles. The number of nitrogens with one attached hydrogen (secondary N) is 1. The van der Waals surface area contributed by atoms with Crippen LogP contribution in [0, 0.1) is 0 Å². The third-order valence-electron chi connectivity index (χ3n) is 4.05. The molecule has 0 aliphatic carbocycles. The van der Waals surface area contributed by atoms with Crippen LogP contribution in [0.3, 0.4) is 0 Å². The number of carbonyl (C=O) groups excluding carboxylic acids is 1. The first-order valence-corrected chi connectivity index (χ1v) is 9.68. The molecule has 2 rings (SSSR count). The molecule has 25 heavy (non-hydrogen) atoms. The van der Waals surface area contributed by atoms with Crippen molar-refractivity contribution in [3.63, 3.8) is 0 Å². The zero-order valence-electron chi connectivity index (χ0n) is 14.9. The van der Waals surface area contributed by atoms with Crippen molar-refractivity contribution >= 4 is 21.6 Å². The standard InChI is InChI=1S/C19H24N2O3S/c1-12(2)14-9-7-10-15(13(3)4)18(14)21-25(23,24)17-11-6-5-8-16(17)19(20)22/h5-13,21H,1-4H3,(H2,20,22). The lowest BCUT2D eigenvalue weighted by Crippen LogP contribution is -2.21. The van der Waals surface area contributed by atoms with Crippen LogP contribution in [0.5, 0.6) is 0 Å². The van der Waals surface area contributed by atoms with Crippen LogP contribution in [0.25, 0.3) is 0 Å². The maximum atomic E-state index is 13.0. The first-order valence-electron chi connectivity index (χ1n) is 8.19. The summed E-state index contributed by atoms with van der Waals surface area (Å²) in [6.45, 7) is 8.03. The molecule has 6 heteroatoms. The Bertz CT molecular complexity index is 861. The molecule has 0 atom stereocenters. The number of anilines is 1. The van der Waals surface area contributed by atoms with Gasteiger partial charge in [0.25, 0.3) is 10.0 Å². The summed E-state index contributed by atoms with van der Waals surface area (Å²) in [5.41, 5.74) is 7.70. The van der Waals surface area contributed by atoms with E-state index >= 15 is 0 Å². The molecular formula is C19H24N2O3S. The summed E-state index contributed by atoms with van der Waals surface area (Å²) in [4.78, 5) is 11.5. The quantitative estimate of drug-likeness (QED) is 0.820. The van der Waals surface area contributed by atoms with E-state index in [-0.39, 0.29) is 22.3 Å². The Morgan fingerprint density at radius 2 is 1.44 bits per heavy atom. The average molecular weight is 360 g/mol. The van der Waals surface area contributed by atoms with E-state index in [1.807, 2.05) is 45.9 Å². The van der Waals surface area contributed by atoms with E-state index in [1.165, 1.54) is 12.1 Å². The van der Waals surface area contributed by atoms with E-state index < -0.39 is 15.9 Å². The fraction of sp³-hybridized carbons (Fsp3) is 0.316. The molecule has 0 saturated heterocycles. The molecule has 5 nitrogen and oxygen atoms in total. The van der Waals surface area contributed by atoms with Crippen LogP contribution in [-0.4, -0.2) is 14.3 Å². The number of para-hydroxylation sites is 1. The van der Waals surface area contributed by atoms with Gasteiger partial charge >= 0.3 is 0 Å². The number of hydrogen-bond donors (Lipinski definition) is 2. The molecule has 0 fully saturated rings. The number of carbonyl (C=O) groups is 1. The summed E-state index contributed by atoms with van der Waals surface area (Å²) in [5.74, 6) is -0.493. The molecule has 0 saturated carbocycles. The second-order valence-electron chi connectivity index (χ2n) is 6.59. The molecule has 2 aromatic carbocycles.